The number of hydrogen-bond donors (Lipinski definition) is 0. The van der Waals surface area contributed by atoms with Gasteiger partial charge in [0.15, 0.2) is 0 Å². The molecule has 0 N–H and O–H groups in total. The van der Waals surface area contributed by atoms with Gasteiger partial charge in [-0.25, -0.2) is 0 Å². The van der Waals surface area contributed by atoms with Crippen LogP contribution in [-0.4, -0.2) is 19.5 Å². The molecule has 2 rings (SSSR count). The Morgan fingerprint density at radius 3 is 1.95 bits per heavy atom. The van der Waals surface area contributed by atoms with Crippen LogP contribution in [0.4, 0.5) is 0 Å². The first-order valence-electron chi connectivity index (χ1n) is 5.64. The Bertz CT molecular complexity index is 380. The van der Waals surface area contributed by atoms with Gasteiger partial charge in [0, 0.05) is 0 Å². The van der Waals surface area contributed by atoms with Gasteiger partial charge in [0.2, 0.25) is 0 Å². The van der Waals surface area contributed by atoms with E-state index in [-0.39, 0.29) is 58.9 Å². The number of fused-ring (bicyclic) bond motifs is 1. The van der Waals surface area contributed by atoms with Gasteiger partial charge in [-0.1, -0.05) is 6.07 Å². The van der Waals surface area contributed by atoms with Crippen molar-refractivity contribution in [3.05, 3.63) is 48.4 Å². The van der Waals surface area contributed by atoms with Crippen LogP contribution in [0.3, 0.4) is 0 Å². The summed E-state index contributed by atoms with van der Waals surface area (Å²) < 4.78 is 0. The SMILES string of the molecule is C[C-](C)CP(C)C.[Cl-].[Cl-].[Cl-].[Ti+3].c1ccc2[cH-]ccc2c1. The van der Waals surface area contributed by atoms with Crippen LogP contribution in [0, 0.1) is 5.92 Å². The van der Waals surface area contributed by atoms with Crippen LogP contribution < -0.4 is 37.2 Å². The van der Waals surface area contributed by atoms with E-state index in [2.05, 4.69) is 69.6 Å². The minimum atomic E-state index is 0. The fourth-order valence-corrected chi connectivity index (χ4v) is 2.97. The normalized spacial score (nSPS) is 8.50. The summed E-state index contributed by atoms with van der Waals surface area (Å²) in [5, 5.41) is 2.66. The van der Waals surface area contributed by atoms with Crippen LogP contribution >= 0.6 is 7.92 Å². The largest absolute Gasteiger partial charge is 3.00 e. The molecule has 0 aromatic heterocycles. The van der Waals surface area contributed by atoms with Gasteiger partial charge in [0.25, 0.3) is 0 Å². The number of rotatable bonds is 2. The van der Waals surface area contributed by atoms with Gasteiger partial charge < -0.3 is 43.1 Å². The minimum Gasteiger partial charge on any atom is -1.00 e. The molecule has 5 heteroatoms. The average molecular weight is 387 g/mol. The first kappa shape index (κ1) is 28.9. The van der Waals surface area contributed by atoms with Crippen LogP contribution in [-0.2, 0) is 21.7 Å². The predicted molar refractivity (Wildman–Crippen MR) is 77.8 cm³/mol. The Balaban J connectivity index is -0.000000110. The summed E-state index contributed by atoms with van der Waals surface area (Å²) >= 11 is 0. The molecule has 0 saturated carbocycles. The van der Waals surface area contributed by atoms with E-state index >= 15 is 0 Å². The van der Waals surface area contributed by atoms with E-state index in [1.165, 1.54) is 16.9 Å². The molecule has 0 heterocycles. The van der Waals surface area contributed by atoms with E-state index in [4.69, 9.17) is 0 Å². The second kappa shape index (κ2) is 16.2. The molecule has 0 nitrogen and oxygen atoms in total. The quantitative estimate of drug-likeness (QED) is 0.280. The second-order valence-corrected chi connectivity index (χ2v) is 7.08. The molecule has 0 aliphatic rings. The van der Waals surface area contributed by atoms with Crippen molar-refractivity contribution in [3.8, 4) is 0 Å². The molecule has 113 valence electrons. The summed E-state index contributed by atoms with van der Waals surface area (Å²) in [6.45, 7) is 9.01. The minimum absolute atomic E-state index is 0. The zero-order valence-electron chi connectivity index (χ0n) is 12.3. The topological polar surface area (TPSA) is 0 Å². The average Bonchev–Trinajstić information content (AvgIpc) is 2.63. The van der Waals surface area contributed by atoms with E-state index < -0.39 is 0 Å². The van der Waals surface area contributed by atoms with E-state index in [0.29, 0.717) is 7.92 Å². The first-order chi connectivity index (χ1) is 7.59. The molecule has 0 aliphatic carbocycles. The Kier molecular flexibility index (Phi) is 23.5. The van der Waals surface area contributed by atoms with Crippen LogP contribution in [0.15, 0.2) is 42.5 Å². The van der Waals surface area contributed by atoms with Gasteiger partial charge in [-0.15, -0.1) is 37.6 Å². The summed E-state index contributed by atoms with van der Waals surface area (Å²) in [5.74, 6) is 1.57. The third-order valence-corrected chi connectivity index (χ3v) is 3.44. The monoisotopic (exact) mass is 385 g/mol. The summed E-state index contributed by atoms with van der Waals surface area (Å²) in [6, 6.07) is 14.7. The standard InChI is InChI=1S/C9H7.C6H14P.3ClH.Ti/c1-2-5-9-7-3-6-8(9)4-1;1-6(2)5-7(3)4;;;;/h1-7H;5H2,1-4H3;3*1H;/q2*-1;;;;+3/p-3. The van der Waals surface area contributed by atoms with Gasteiger partial charge in [-0.2, -0.15) is 37.5 Å². The van der Waals surface area contributed by atoms with Crippen LogP contribution in [0.1, 0.15) is 13.8 Å². The van der Waals surface area contributed by atoms with Gasteiger partial charge >= 0.3 is 21.7 Å². The van der Waals surface area contributed by atoms with E-state index in [9.17, 15) is 0 Å². The Morgan fingerprint density at radius 1 is 1.00 bits per heavy atom. The molecular formula is C15H21Cl3PTi-2. The summed E-state index contributed by atoms with van der Waals surface area (Å²) in [6.07, 6.45) is 1.34. The molecule has 20 heavy (non-hydrogen) atoms. The molecule has 0 amide bonds. The Hall–Kier alpha value is 0.844. The number of halogens is 3. The van der Waals surface area contributed by atoms with Crippen molar-refractivity contribution in [1.82, 2.24) is 0 Å². The maximum atomic E-state index is 2.31. The zero-order valence-corrected chi connectivity index (χ0v) is 17.1. The van der Waals surface area contributed by atoms with Crippen molar-refractivity contribution in [2.45, 2.75) is 13.8 Å². The van der Waals surface area contributed by atoms with Gasteiger partial charge in [-0.3, -0.25) is 0 Å². The van der Waals surface area contributed by atoms with E-state index in [0.717, 1.165) is 0 Å². The third kappa shape index (κ3) is 12.6. The second-order valence-electron chi connectivity index (χ2n) is 4.60. The molecule has 0 fully saturated rings. The molecule has 1 radical (unpaired) electrons. The first-order valence-corrected chi connectivity index (χ1v) is 8.06. The molecule has 0 aliphatic heterocycles. The number of benzene rings is 1. The molecule has 0 saturated heterocycles. The molecule has 2 aromatic carbocycles. The van der Waals surface area contributed by atoms with Crippen molar-refractivity contribution in [2.75, 3.05) is 19.5 Å². The molecule has 0 bridgehead atoms. The molecule has 0 spiro atoms. The maximum Gasteiger partial charge on any atom is 3.00 e. The van der Waals surface area contributed by atoms with Gasteiger partial charge in [-0.05, 0) is 13.3 Å². The molecule has 2 aromatic rings. The molecule has 0 unspecified atom stereocenters. The van der Waals surface area contributed by atoms with Gasteiger partial charge in [0.05, 0.1) is 0 Å². The van der Waals surface area contributed by atoms with Gasteiger partial charge in [0.1, 0.15) is 0 Å². The summed E-state index contributed by atoms with van der Waals surface area (Å²) in [7, 11) is 0.323. The van der Waals surface area contributed by atoms with Crippen molar-refractivity contribution in [3.63, 3.8) is 0 Å². The van der Waals surface area contributed by atoms with Crippen molar-refractivity contribution in [1.29, 1.82) is 0 Å². The van der Waals surface area contributed by atoms with Crippen LogP contribution in [0.2, 0.25) is 0 Å². The maximum absolute atomic E-state index is 2.31. The summed E-state index contributed by atoms with van der Waals surface area (Å²) in [4.78, 5) is 0. The zero-order chi connectivity index (χ0) is 12.0. The van der Waals surface area contributed by atoms with E-state index in [1.54, 1.807) is 5.92 Å². The fraction of sp³-hybridized carbons (Fsp3) is 0.333. The van der Waals surface area contributed by atoms with Crippen molar-refractivity contribution in [2.24, 2.45) is 0 Å². The van der Waals surface area contributed by atoms with Crippen LogP contribution in [0.5, 0.6) is 0 Å². The summed E-state index contributed by atoms with van der Waals surface area (Å²) in [5.41, 5.74) is 0. The fourth-order valence-electron chi connectivity index (χ4n) is 1.70. The molecule has 0 atom stereocenters. The Morgan fingerprint density at radius 2 is 1.55 bits per heavy atom. The van der Waals surface area contributed by atoms with Crippen molar-refractivity contribution < 1.29 is 58.9 Å². The third-order valence-electron chi connectivity index (χ3n) is 2.18. The van der Waals surface area contributed by atoms with E-state index in [1.807, 2.05) is 0 Å². The number of hydrogen-bond acceptors (Lipinski definition) is 0. The predicted octanol–water partition coefficient (Wildman–Crippen LogP) is -4.09. The van der Waals surface area contributed by atoms with Crippen molar-refractivity contribution >= 4 is 18.7 Å². The smallest absolute Gasteiger partial charge is 1.00 e. The molecular weight excluding hydrogens is 365 g/mol. The Labute approximate surface area is 158 Å². The van der Waals surface area contributed by atoms with Crippen LogP contribution in [0.25, 0.3) is 10.8 Å².